The summed E-state index contributed by atoms with van der Waals surface area (Å²) in [7, 11) is 0. The Labute approximate surface area is 174 Å². The van der Waals surface area contributed by atoms with Crippen molar-refractivity contribution >= 4 is 29.6 Å². The molecule has 2 rings (SSSR count). The van der Waals surface area contributed by atoms with Gasteiger partial charge in [-0.05, 0) is 41.7 Å². The first-order chi connectivity index (χ1) is 13.8. The van der Waals surface area contributed by atoms with Crippen LogP contribution in [0.4, 0.5) is 0 Å². The molecule has 2 aromatic rings. The van der Waals surface area contributed by atoms with E-state index in [1.165, 1.54) is 23.9 Å². The molecular weight excluding hydrogens is 394 g/mol. The van der Waals surface area contributed by atoms with Gasteiger partial charge in [0, 0.05) is 6.54 Å². The van der Waals surface area contributed by atoms with Crippen molar-refractivity contribution in [1.29, 1.82) is 0 Å². The summed E-state index contributed by atoms with van der Waals surface area (Å²) in [6, 6.07) is 10.8. The Hall–Kier alpha value is -3.06. The van der Waals surface area contributed by atoms with E-state index in [9.17, 15) is 14.7 Å². The molecule has 0 aliphatic heterocycles. The molecule has 7 nitrogen and oxygen atoms in total. The number of phenolic OH excluding ortho intramolecular Hbond substituents is 1. The van der Waals surface area contributed by atoms with Crippen LogP contribution >= 0.6 is 11.6 Å². The highest BCUT2D eigenvalue weighted by molar-refractivity contribution is 6.35. The standard InChI is InChI=1S/C21H24ClN3O4/c1-4-29-18-10-15(9-17(22)19(18)26)12-24-25-21(28)20(27)23-11-14-5-7-16(8-6-14)13(2)3/h5-10,12-13,26H,4,11H2,1-3H3,(H,23,27)(H,25,28)/b24-12-. The van der Waals surface area contributed by atoms with Gasteiger partial charge >= 0.3 is 11.8 Å². The van der Waals surface area contributed by atoms with Gasteiger partial charge in [0.05, 0.1) is 17.8 Å². The minimum atomic E-state index is -0.894. The molecule has 0 spiro atoms. The second-order valence-corrected chi connectivity index (χ2v) is 6.97. The molecule has 29 heavy (non-hydrogen) atoms. The van der Waals surface area contributed by atoms with Crippen LogP contribution < -0.4 is 15.5 Å². The lowest BCUT2D eigenvalue weighted by molar-refractivity contribution is -0.139. The van der Waals surface area contributed by atoms with Crippen molar-refractivity contribution in [2.45, 2.75) is 33.2 Å². The number of nitrogens with zero attached hydrogens (tertiary/aromatic N) is 1. The van der Waals surface area contributed by atoms with Gasteiger partial charge in [-0.15, -0.1) is 0 Å². The number of hydrogen-bond donors (Lipinski definition) is 3. The average Bonchev–Trinajstić information content (AvgIpc) is 2.70. The zero-order valence-corrected chi connectivity index (χ0v) is 17.3. The second-order valence-electron chi connectivity index (χ2n) is 6.56. The van der Waals surface area contributed by atoms with Crippen molar-refractivity contribution in [3.05, 3.63) is 58.1 Å². The summed E-state index contributed by atoms with van der Waals surface area (Å²) < 4.78 is 5.27. The zero-order valence-electron chi connectivity index (χ0n) is 16.5. The molecule has 0 saturated carbocycles. The van der Waals surface area contributed by atoms with Gasteiger partial charge in [0.1, 0.15) is 0 Å². The Balaban J connectivity index is 1.89. The summed E-state index contributed by atoms with van der Waals surface area (Å²) in [4.78, 5) is 23.8. The van der Waals surface area contributed by atoms with Crippen LogP contribution in [0.2, 0.25) is 5.02 Å². The van der Waals surface area contributed by atoms with E-state index in [0.717, 1.165) is 5.56 Å². The third-order valence-electron chi connectivity index (χ3n) is 4.04. The first kappa shape index (κ1) is 22.2. The predicted octanol–water partition coefficient (Wildman–Crippen LogP) is 3.33. The molecular formula is C21H24ClN3O4. The Morgan fingerprint density at radius 1 is 1.21 bits per heavy atom. The number of carbonyl (C=O) groups is 2. The molecule has 0 aliphatic rings. The zero-order chi connectivity index (χ0) is 21.4. The number of hydrogen-bond acceptors (Lipinski definition) is 5. The quantitative estimate of drug-likeness (QED) is 0.365. The first-order valence-electron chi connectivity index (χ1n) is 9.17. The molecule has 0 radical (unpaired) electrons. The number of aromatic hydroxyl groups is 1. The highest BCUT2D eigenvalue weighted by Gasteiger charge is 2.12. The van der Waals surface area contributed by atoms with Gasteiger partial charge in [-0.25, -0.2) is 5.43 Å². The van der Waals surface area contributed by atoms with Crippen LogP contribution in [0.3, 0.4) is 0 Å². The molecule has 3 N–H and O–H groups in total. The maximum absolute atomic E-state index is 11.9. The Bertz CT molecular complexity index is 896. The Kier molecular flexibility index (Phi) is 8.03. The molecule has 8 heteroatoms. The fraction of sp³-hybridized carbons (Fsp3) is 0.286. The minimum Gasteiger partial charge on any atom is -0.503 e. The Morgan fingerprint density at radius 2 is 1.90 bits per heavy atom. The minimum absolute atomic E-state index is 0.0879. The molecule has 0 aliphatic carbocycles. The van der Waals surface area contributed by atoms with Crippen LogP contribution in [0.15, 0.2) is 41.5 Å². The molecule has 0 atom stereocenters. The van der Waals surface area contributed by atoms with Crippen LogP contribution in [0.25, 0.3) is 0 Å². The van der Waals surface area contributed by atoms with E-state index in [1.54, 1.807) is 6.92 Å². The first-order valence-corrected chi connectivity index (χ1v) is 9.55. The van der Waals surface area contributed by atoms with E-state index in [-0.39, 0.29) is 23.1 Å². The lowest BCUT2D eigenvalue weighted by Gasteiger charge is -2.08. The number of carbonyl (C=O) groups excluding carboxylic acids is 2. The van der Waals surface area contributed by atoms with Gasteiger partial charge in [0.15, 0.2) is 11.5 Å². The van der Waals surface area contributed by atoms with Crippen LogP contribution in [-0.2, 0) is 16.1 Å². The van der Waals surface area contributed by atoms with E-state index in [2.05, 4.69) is 29.7 Å². The number of hydrazone groups is 1. The van der Waals surface area contributed by atoms with Crippen LogP contribution in [-0.4, -0.2) is 29.7 Å². The number of rotatable bonds is 7. The summed E-state index contributed by atoms with van der Waals surface area (Å²) in [6.45, 7) is 6.56. The highest BCUT2D eigenvalue weighted by Crippen LogP contribution is 2.34. The van der Waals surface area contributed by atoms with Crippen molar-refractivity contribution < 1.29 is 19.4 Å². The molecule has 2 aromatic carbocycles. The largest absolute Gasteiger partial charge is 0.503 e. The molecule has 0 bridgehead atoms. The van der Waals surface area contributed by atoms with Crippen molar-refractivity contribution in [2.24, 2.45) is 5.10 Å². The number of benzene rings is 2. The van der Waals surface area contributed by atoms with Gasteiger partial charge in [0.2, 0.25) is 0 Å². The van der Waals surface area contributed by atoms with Gasteiger partial charge in [-0.1, -0.05) is 49.7 Å². The van der Waals surface area contributed by atoms with Gasteiger partial charge in [0.25, 0.3) is 0 Å². The number of nitrogens with one attached hydrogen (secondary N) is 2. The summed E-state index contributed by atoms with van der Waals surface area (Å²) in [5.41, 5.74) is 4.73. The summed E-state index contributed by atoms with van der Waals surface area (Å²) in [5, 5.41) is 16.2. The fourth-order valence-corrected chi connectivity index (χ4v) is 2.65. The third kappa shape index (κ3) is 6.50. The highest BCUT2D eigenvalue weighted by atomic mass is 35.5. The Morgan fingerprint density at radius 3 is 2.52 bits per heavy atom. The van der Waals surface area contributed by atoms with E-state index in [0.29, 0.717) is 18.1 Å². The summed E-state index contributed by atoms with van der Waals surface area (Å²) >= 11 is 5.93. The molecule has 0 fully saturated rings. The number of halogens is 1. The average molecular weight is 418 g/mol. The van der Waals surface area contributed by atoms with E-state index < -0.39 is 11.8 Å². The van der Waals surface area contributed by atoms with E-state index in [1.807, 2.05) is 24.3 Å². The third-order valence-corrected chi connectivity index (χ3v) is 4.32. The lowest BCUT2D eigenvalue weighted by atomic mass is 10.0. The molecule has 0 unspecified atom stereocenters. The van der Waals surface area contributed by atoms with E-state index in [4.69, 9.17) is 16.3 Å². The monoisotopic (exact) mass is 417 g/mol. The van der Waals surface area contributed by atoms with Crippen molar-refractivity contribution in [1.82, 2.24) is 10.7 Å². The number of ether oxygens (including phenoxy) is 1. The van der Waals surface area contributed by atoms with Crippen molar-refractivity contribution in [3.63, 3.8) is 0 Å². The molecule has 0 heterocycles. The van der Waals surface area contributed by atoms with Crippen molar-refractivity contribution in [2.75, 3.05) is 6.61 Å². The second kappa shape index (κ2) is 10.5. The molecule has 0 saturated heterocycles. The van der Waals surface area contributed by atoms with Crippen LogP contribution in [0.1, 0.15) is 43.4 Å². The predicted molar refractivity (Wildman–Crippen MR) is 112 cm³/mol. The fourth-order valence-electron chi connectivity index (χ4n) is 2.43. The van der Waals surface area contributed by atoms with E-state index >= 15 is 0 Å². The maximum atomic E-state index is 11.9. The molecule has 0 aromatic heterocycles. The summed E-state index contributed by atoms with van der Waals surface area (Å²) in [6.07, 6.45) is 1.30. The summed E-state index contributed by atoms with van der Waals surface area (Å²) in [5.74, 6) is -1.23. The SMILES string of the molecule is CCOc1cc(/C=N\NC(=O)C(=O)NCc2ccc(C(C)C)cc2)cc(Cl)c1O. The molecule has 2 amide bonds. The number of phenols is 1. The van der Waals surface area contributed by atoms with Crippen molar-refractivity contribution in [3.8, 4) is 11.5 Å². The maximum Gasteiger partial charge on any atom is 0.329 e. The van der Waals surface area contributed by atoms with Gasteiger partial charge in [-0.2, -0.15) is 5.10 Å². The smallest absolute Gasteiger partial charge is 0.329 e. The topological polar surface area (TPSA) is 100 Å². The van der Waals surface area contributed by atoms with Crippen LogP contribution in [0, 0.1) is 0 Å². The lowest BCUT2D eigenvalue weighted by Crippen LogP contribution is -2.37. The van der Waals surface area contributed by atoms with Crippen LogP contribution in [0.5, 0.6) is 11.5 Å². The van der Waals surface area contributed by atoms with Gasteiger partial charge < -0.3 is 15.2 Å². The number of amides is 2. The normalized spacial score (nSPS) is 10.9. The molecule has 154 valence electrons. The van der Waals surface area contributed by atoms with Gasteiger partial charge in [-0.3, -0.25) is 9.59 Å².